The fourth-order valence-electron chi connectivity index (χ4n) is 2.05. The highest BCUT2D eigenvalue weighted by atomic mass is 16.3. The van der Waals surface area contributed by atoms with Crippen molar-refractivity contribution in [3.05, 3.63) is 18.0 Å². The first-order chi connectivity index (χ1) is 6.38. The Labute approximate surface area is 78.4 Å². The molecule has 3 nitrogen and oxygen atoms in total. The van der Waals surface area contributed by atoms with Gasteiger partial charge in [0.15, 0.2) is 0 Å². The minimum absolute atomic E-state index is 0.0532. The van der Waals surface area contributed by atoms with Crippen LogP contribution in [0.4, 0.5) is 0 Å². The third-order valence-electron chi connectivity index (χ3n) is 2.78. The van der Waals surface area contributed by atoms with E-state index in [1.54, 1.807) is 0 Å². The molecular formula is C10H16N2O. The van der Waals surface area contributed by atoms with E-state index in [0.29, 0.717) is 0 Å². The normalized spacial score (nSPS) is 18.2. The zero-order chi connectivity index (χ0) is 9.10. The van der Waals surface area contributed by atoms with Gasteiger partial charge in [-0.15, -0.1) is 0 Å². The fourth-order valence-corrected chi connectivity index (χ4v) is 2.05. The molecule has 0 radical (unpaired) electrons. The van der Waals surface area contributed by atoms with Gasteiger partial charge in [-0.2, -0.15) is 5.10 Å². The first-order valence-electron chi connectivity index (χ1n) is 5.01. The third kappa shape index (κ3) is 2.10. The van der Waals surface area contributed by atoms with Gasteiger partial charge in [-0.3, -0.25) is 4.68 Å². The van der Waals surface area contributed by atoms with Gasteiger partial charge in [0.05, 0.1) is 12.3 Å². The lowest BCUT2D eigenvalue weighted by Gasteiger charge is -2.07. The summed E-state index contributed by atoms with van der Waals surface area (Å²) in [4.78, 5) is 0. The molecule has 1 saturated carbocycles. The lowest BCUT2D eigenvalue weighted by atomic mass is 10.1. The minimum Gasteiger partial charge on any atom is -0.390 e. The first-order valence-corrected chi connectivity index (χ1v) is 5.01. The van der Waals surface area contributed by atoms with Crippen molar-refractivity contribution in [2.45, 2.75) is 38.8 Å². The Bertz CT molecular complexity index is 264. The van der Waals surface area contributed by atoms with Gasteiger partial charge in [0.2, 0.25) is 0 Å². The minimum atomic E-state index is 0.0532. The lowest BCUT2D eigenvalue weighted by molar-refractivity contribution is 0.274. The standard InChI is InChI=1S/C10H16N2O/c13-8-10-5-6-12(11-10)7-9-3-1-2-4-9/h5-6,9,13H,1-4,7-8H2. The first kappa shape index (κ1) is 8.75. The SMILES string of the molecule is OCc1ccn(CC2CCCC2)n1. The van der Waals surface area contributed by atoms with E-state index in [0.717, 1.165) is 18.2 Å². The van der Waals surface area contributed by atoms with Gasteiger partial charge in [-0.05, 0) is 24.8 Å². The topological polar surface area (TPSA) is 38.0 Å². The van der Waals surface area contributed by atoms with Crippen LogP contribution in [0.5, 0.6) is 0 Å². The van der Waals surface area contributed by atoms with Crippen molar-refractivity contribution in [3.8, 4) is 0 Å². The average Bonchev–Trinajstić information content (AvgIpc) is 2.76. The number of aliphatic hydroxyl groups is 1. The molecule has 72 valence electrons. The van der Waals surface area contributed by atoms with Crippen molar-refractivity contribution in [3.63, 3.8) is 0 Å². The molecule has 1 aromatic heterocycles. The molecule has 0 amide bonds. The van der Waals surface area contributed by atoms with Crippen LogP contribution >= 0.6 is 0 Å². The van der Waals surface area contributed by atoms with Crippen LogP contribution in [-0.4, -0.2) is 14.9 Å². The molecule has 0 aromatic carbocycles. The van der Waals surface area contributed by atoms with Gasteiger partial charge in [-0.25, -0.2) is 0 Å². The van der Waals surface area contributed by atoms with Crippen LogP contribution in [0.25, 0.3) is 0 Å². The summed E-state index contributed by atoms with van der Waals surface area (Å²) in [6.07, 6.45) is 7.39. The number of rotatable bonds is 3. The molecule has 0 bridgehead atoms. The summed E-state index contributed by atoms with van der Waals surface area (Å²) in [5.41, 5.74) is 0.776. The van der Waals surface area contributed by atoms with E-state index in [-0.39, 0.29) is 6.61 Å². The number of aromatic nitrogens is 2. The van der Waals surface area contributed by atoms with Gasteiger partial charge in [0.1, 0.15) is 0 Å². The summed E-state index contributed by atoms with van der Waals surface area (Å²) >= 11 is 0. The van der Waals surface area contributed by atoms with Crippen LogP contribution < -0.4 is 0 Å². The Kier molecular flexibility index (Phi) is 2.64. The predicted octanol–water partition coefficient (Wildman–Crippen LogP) is 1.57. The summed E-state index contributed by atoms with van der Waals surface area (Å²) in [6.45, 7) is 1.08. The van der Waals surface area contributed by atoms with Gasteiger partial charge < -0.3 is 5.11 Å². The summed E-state index contributed by atoms with van der Waals surface area (Å²) in [5.74, 6) is 0.812. The zero-order valence-corrected chi connectivity index (χ0v) is 7.82. The smallest absolute Gasteiger partial charge is 0.0878 e. The van der Waals surface area contributed by atoms with E-state index in [1.165, 1.54) is 25.7 Å². The van der Waals surface area contributed by atoms with Crippen molar-refractivity contribution >= 4 is 0 Å². The molecule has 1 fully saturated rings. The van der Waals surface area contributed by atoms with E-state index < -0.39 is 0 Å². The maximum atomic E-state index is 8.84. The van der Waals surface area contributed by atoms with Crippen molar-refractivity contribution < 1.29 is 5.11 Å². The van der Waals surface area contributed by atoms with Crippen LogP contribution in [0.2, 0.25) is 0 Å². The van der Waals surface area contributed by atoms with E-state index in [2.05, 4.69) is 5.10 Å². The summed E-state index contributed by atoms with van der Waals surface area (Å²) < 4.78 is 1.96. The van der Waals surface area contributed by atoms with Gasteiger partial charge >= 0.3 is 0 Å². The summed E-state index contributed by atoms with van der Waals surface area (Å²) in [7, 11) is 0. The second kappa shape index (κ2) is 3.92. The van der Waals surface area contributed by atoms with Crippen molar-refractivity contribution in [2.75, 3.05) is 0 Å². The summed E-state index contributed by atoms with van der Waals surface area (Å²) in [5, 5.41) is 13.1. The molecule has 1 aliphatic rings. The quantitative estimate of drug-likeness (QED) is 0.766. The second-order valence-electron chi connectivity index (χ2n) is 3.84. The predicted molar refractivity (Wildman–Crippen MR) is 50.1 cm³/mol. The molecule has 2 rings (SSSR count). The van der Waals surface area contributed by atoms with E-state index in [1.807, 2.05) is 16.9 Å². The zero-order valence-electron chi connectivity index (χ0n) is 7.82. The number of aliphatic hydroxyl groups excluding tert-OH is 1. The molecule has 0 unspecified atom stereocenters. The van der Waals surface area contributed by atoms with Gasteiger partial charge in [0.25, 0.3) is 0 Å². The van der Waals surface area contributed by atoms with Crippen molar-refractivity contribution in [1.29, 1.82) is 0 Å². The molecule has 13 heavy (non-hydrogen) atoms. The highest BCUT2D eigenvalue weighted by Crippen LogP contribution is 2.25. The monoisotopic (exact) mass is 180 g/mol. The molecule has 1 aromatic rings. The molecule has 1 aliphatic carbocycles. The number of nitrogens with zero attached hydrogens (tertiary/aromatic N) is 2. The van der Waals surface area contributed by atoms with Crippen LogP contribution in [0.15, 0.2) is 12.3 Å². The van der Waals surface area contributed by atoms with E-state index in [9.17, 15) is 0 Å². The molecule has 1 N–H and O–H groups in total. The van der Waals surface area contributed by atoms with Crippen molar-refractivity contribution in [2.24, 2.45) is 5.92 Å². The molecule has 3 heteroatoms. The van der Waals surface area contributed by atoms with Gasteiger partial charge in [0, 0.05) is 12.7 Å². The highest BCUT2D eigenvalue weighted by Gasteiger charge is 2.15. The molecule has 0 atom stereocenters. The molecular weight excluding hydrogens is 164 g/mol. The maximum absolute atomic E-state index is 8.84. The Morgan fingerprint density at radius 3 is 2.85 bits per heavy atom. The molecule has 0 saturated heterocycles. The van der Waals surface area contributed by atoms with Crippen LogP contribution in [0, 0.1) is 5.92 Å². The molecule has 1 heterocycles. The maximum Gasteiger partial charge on any atom is 0.0878 e. The summed E-state index contributed by atoms with van der Waals surface area (Å²) in [6, 6.07) is 1.88. The third-order valence-corrected chi connectivity index (χ3v) is 2.78. The highest BCUT2D eigenvalue weighted by molar-refractivity contribution is 4.96. The van der Waals surface area contributed by atoms with E-state index in [4.69, 9.17) is 5.11 Å². The molecule has 0 aliphatic heterocycles. The fraction of sp³-hybridized carbons (Fsp3) is 0.700. The molecule has 0 spiro atoms. The Morgan fingerprint density at radius 2 is 2.23 bits per heavy atom. The number of hydrogen-bond acceptors (Lipinski definition) is 2. The Morgan fingerprint density at radius 1 is 1.46 bits per heavy atom. The largest absolute Gasteiger partial charge is 0.390 e. The van der Waals surface area contributed by atoms with E-state index >= 15 is 0 Å². The Balaban J connectivity index is 1.92. The Hall–Kier alpha value is -0.830. The average molecular weight is 180 g/mol. The number of hydrogen-bond donors (Lipinski definition) is 1. The van der Waals surface area contributed by atoms with Crippen LogP contribution in [0.3, 0.4) is 0 Å². The van der Waals surface area contributed by atoms with Crippen LogP contribution in [-0.2, 0) is 13.2 Å². The van der Waals surface area contributed by atoms with Crippen molar-refractivity contribution in [1.82, 2.24) is 9.78 Å². The van der Waals surface area contributed by atoms with Gasteiger partial charge in [-0.1, -0.05) is 12.8 Å². The van der Waals surface area contributed by atoms with Crippen LogP contribution in [0.1, 0.15) is 31.4 Å². The lowest BCUT2D eigenvalue weighted by Crippen LogP contribution is -2.08. The second-order valence-corrected chi connectivity index (χ2v) is 3.84.